The van der Waals surface area contributed by atoms with Crippen LogP contribution < -0.4 is 15.6 Å². The van der Waals surface area contributed by atoms with Crippen LogP contribution in [0.1, 0.15) is 34.6 Å². The number of carbonyl (C=O) groups is 2. The minimum Gasteiger partial charge on any atom is -0.463 e. The number of hydrazine groups is 1. The molecule has 11 heteroatoms. The molecule has 0 atom stereocenters. The van der Waals surface area contributed by atoms with Gasteiger partial charge in [-0.3, -0.25) is 20.4 Å². The van der Waals surface area contributed by atoms with Gasteiger partial charge in [0.25, 0.3) is 11.8 Å². The van der Waals surface area contributed by atoms with Gasteiger partial charge in [-0.05, 0) is 56.3 Å². The summed E-state index contributed by atoms with van der Waals surface area (Å²) in [5.41, 5.74) is 4.97. The average Bonchev–Trinajstić information content (AvgIpc) is 3.36. The van der Waals surface area contributed by atoms with Crippen LogP contribution in [0.15, 0.2) is 76.2 Å². The predicted octanol–water partition coefficient (Wildman–Crippen LogP) is 3.40. The molecule has 4 rings (SSSR count). The zero-order chi connectivity index (χ0) is 25.2. The average molecular weight is 497 g/mol. The number of sulfonamides is 1. The lowest BCUT2D eigenvalue weighted by Gasteiger charge is -2.13. The first kappa shape index (κ1) is 24.0. The molecule has 0 radical (unpaired) electrons. The van der Waals surface area contributed by atoms with Crippen molar-refractivity contribution in [1.82, 2.24) is 20.6 Å². The third-order valence-electron chi connectivity index (χ3n) is 4.91. The lowest BCUT2D eigenvalue weighted by Crippen LogP contribution is -2.42. The van der Waals surface area contributed by atoms with Crippen LogP contribution in [0.25, 0.3) is 22.4 Å². The molecule has 2 amide bonds. The van der Waals surface area contributed by atoms with Gasteiger partial charge in [0.15, 0.2) is 5.76 Å². The normalized spacial score (nSPS) is 11.5. The molecule has 0 saturated heterocycles. The minimum absolute atomic E-state index is 0.195. The van der Waals surface area contributed by atoms with Gasteiger partial charge in [0, 0.05) is 11.4 Å². The molecule has 0 aliphatic heterocycles. The second-order valence-corrected chi connectivity index (χ2v) is 9.59. The van der Waals surface area contributed by atoms with Crippen LogP contribution in [0, 0.1) is 5.82 Å². The smallest absolute Gasteiger partial charge is 0.272 e. The summed E-state index contributed by atoms with van der Waals surface area (Å²) >= 11 is 0. The summed E-state index contributed by atoms with van der Waals surface area (Å²) in [6.45, 7) is 3.26. The van der Waals surface area contributed by atoms with Crippen molar-refractivity contribution in [3.05, 3.63) is 83.9 Å². The van der Waals surface area contributed by atoms with Crippen molar-refractivity contribution >= 4 is 32.7 Å². The summed E-state index contributed by atoms with van der Waals surface area (Å²) < 4.78 is 46.8. The molecule has 4 aromatic rings. The fourth-order valence-corrected chi connectivity index (χ4v) is 4.66. The Morgan fingerprint density at radius 1 is 0.943 bits per heavy atom. The molecule has 0 bridgehead atoms. The van der Waals surface area contributed by atoms with Crippen LogP contribution in [0.4, 0.5) is 4.39 Å². The zero-order valence-corrected chi connectivity index (χ0v) is 19.5. The number of carbonyl (C=O) groups excluding carboxylic acids is 2. The summed E-state index contributed by atoms with van der Waals surface area (Å²) in [5.74, 6) is -2.21. The Labute approximate surface area is 200 Å². The van der Waals surface area contributed by atoms with Gasteiger partial charge in [0.2, 0.25) is 10.0 Å². The number of hydrogen-bond acceptors (Lipinski definition) is 6. The number of fused-ring (bicyclic) bond motifs is 1. The third-order valence-corrected chi connectivity index (χ3v) is 6.56. The Balaban J connectivity index is 1.59. The summed E-state index contributed by atoms with van der Waals surface area (Å²) in [5, 5.41) is 0.522. The second kappa shape index (κ2) is 9.65. The number of amides is 2. The first-order valence-electron chi connectivity index (χ1n) is 10.5. The molecule has 0 aliphatic carbocycles. The Kier molecular flexibility index (Phi) is 6.63. The third kappa shape index (κ3) is 5.20. The molecule has 0 unspecified atom stereocenters. The Morgan fingerprint density at radius 2 is 1.66 bits per heavy atom. The minimum atomic E-state index is -3.96. The summed E-state index contributed by atoms with van der Waals surface area (Å²) in [7, 11) is -3.96. The fourth-order valence-electron chi connectivity index (χ4n) is 3.39. The van der Waals surface area contributed by atoms with Gasteiger partial charge in [0.05, 0.1) is 27.8 Å². The van der Waals surface area contributed by atoms with Crippen LogP contribution >= 0.6 is 0 Å². The molecule has 3 N–H and O–H groups in total. The molecular weight excluding hydrogens is 475 g/mol. The SMILES string of the molecule is CC(C)NS(=O)(=O)c1ccc(F)c(C(=O)NNC(=O)c2cc(-c3ccco3)nc3ccccc23)c1. The van der Waals surface area contributed by atoms with E-state index in [4.69, 9.17) is 4.42 Å². The van der Waals surface area contributed by atoms with Crippen molar-refractivity contribution in [1.29, 1.82) is 0 Å². The van der Waals surface area contributed by atoms with Crippen molar-refractivity contribution in [2.75, 3.05) is 0 Å². The van der Waals surface area contributed by atoms with Crippen molar-refractivity contribution in [3.8, 4) is 11.5 Å². The monoisotopic (exact) mass is 496 g/mol. The number of halogens is 1. The molecule has 2 aromatic carbocycles. The molecular formula is C24H21FN4O5S. The van der Waals surface area contributed by atoms with E-state index < -0.39 is 39.3 Å². The van der Waals surface area contributed by atoms with Crippen LogP contribution in [0.5, 0.6) is 0 Å². The molecule has 0 spiro atoms. The Hall–Kier alpha value is -4.09. The van der Waals surface area contributed by atoms with Crippen LogP contribution in [-0.4, -0.2) is 31.3 Å². The number of nitrogens with zero attached hydrogens (tertiary/aromatic N) is 1. The quantitative estimate of drug-likeness (QED) is 0.351. The van der Waals surface area contributed by atoms with Gasteiger partial charge in [-0.15, -0.1) is 0 Å². The highest BCUT2D eigenvalue weighted by Crippen LogP contribution is 2.25. The lowest BCUT2D eigenvalue weighted by molar-refractivity contribution is 0.0845. The first-order chi connectivity index (χ1) is 16.7. The summed E-state index contributed by atoms with van der Waals surface area (Å²) in [6, 6.07) is 14.2. The van der Waals surface area contributed by atoms with E-state index in [1.54, 1.807) is 50.2 Å². The van der Waals surface area contributed by atoms with Crippen molar-refractivity contribution in [2.45, 2.75) is 24.8 Å². The van der Waals surface area contributed by atoms with E-state index in [2.05, 4.69) is 20.6 Å². The van der Waals surface area contributed by atoms with Gasteiger partial charge in [0.1, 0.15) is 11.5 Å². The maximum absolute atomic E-state index is 14.3. The first-order valence-corrected chi connectivity index (χ1v) is 12.0. The number of rotatable bonds is 6. The van der Waals surface area contributed by atoms with Crippen LogP contribution in [-0.2, 0) is 10.0 Å². The highest BCUT2D eigenvalue weighted by atomic mass is 32.2. The fraction of sp³-hybridized carbons (Fsp3) is 0.125. The molecule has 9 nitrogen and oxygen atoms in total. The van der Waals surface area contributed by atoms with Crippen molar-refractivity contribution < 1.29 is 26.8 Å². The summed E-state index contributed by atoms with van der Waals surface area (Å²) in [6.07, 6.45) is 1.48. The highest BCUT2D eigenvalue weighted by Gasteiger charge is 2.21. The lowest BCUT2D eigenvalue weighted by atomic mass is 10.1. The zero-order valence-electron chi connectivity index (χ0n) is 18.7. The van der Waals surface area contributed by atoms with Gasteiger partial charge in [-0.1, -0.05) is 18.2 Å². The number of para-hydroxylation sites is 1. The maximum atomic E-state index is 14.3. The van der Waals surface area contributed by atoms with Crippen molar-refractivity contribution in [2.24, 2.45) is 0 Å². The highest BCUT2D eigenvalue weighted by molar-refractivity contribution is 7.89. The van der Waals surface area contributed by atoms with Gasteiger partial charge < -0.3 is 4.42 Å². The molecule has 180 valence electrons. The molecule has 0 saturated carbocycles. The van der Waals surface area contributed by atoms with Crippen LogP contribution in [0.2, 0.25) is 0 Å². The van der Waals surface area contributed by atoms with Gasteiger partial charge in [-0.25, -0.2) is 22.5 Å². The number of hydrogen-bond donors (Lipinski definition) is 3. The molecule has 35 heavy (non-hydrogen) atoms. The Bertz CT molecular complexity index is 1520. The van der Waals surface area contributed by atoms with E-state index in [-0.39, 0.29) is 10.5 Å². The van der Waals surface area contributed by atoms with E-state index in [1.807, 2.05) is 0 Å². The van der Waals surface area contributed by atoms with Crippen LogP contribution in [0.3, 0.4) is 0 Å². The van der Waals surface area contributed by atoms with E-state index in [0.29, 0.717) is 22.4 Å². The van der Waals surface area contributed by atoms with Gasteiger partial charge in [-0.2, -0.15) is 0 Å². The van der Waals surface area contributed by atoms with Gasteiger partial charge >= 0.3 is 0 Å². The number of furan rings is 1. The van der Waals surface area contributed by atoms with E-state index >= 15 is 0 Å². The number of aromatic nitrogens is 1. The maximum Gasteiger partial charge on any atom is 0.272 e. The van der Waals surface area contributed by atoms with Crippen molar-refractivity contribution in [3.63, 3.8) is 0 Å². The number of benzene rings is 2. The Morgan fingerprint density at radius 3 is 2.34 bits per heavy atom. The molecule has 2 heterocycles. The molecule has 0 fully saturated rings. The van der Waals surface area contributed by atoms with E-state index in [1.165, 1.54) is 12.3 Å². The number of pyridine rings is 1. The van der Waals surface area contributed by atoms with E-state index in [0.717, 1.165) is 18.2 Å². The molecule has 2 aromatic heterocycles. The largest absolute Gasteiger partial charge is 0.463 e. The summed E-state index contributed by atoms with van der Waals surface area (Å²) in [4.78, 5) is 29.8. The molecule has 0 aliphatic rings. The topological polar surface area (TPSA) is 130 Å². The van der Waals surface area contributed by atoms with E-state index in [9.17, 15) is 22.4 Å². The standard InChI is InChI=1S/C24H21FN4O5S/c1-14(2)29-35(32,33)15-9-10-19(25)18(12-15)24(31)28-27-23(30)17-13-21(22-8-5-11-34-22)26-20-7-4-3-6-16(17)20/h3-14,29H,1-2H3,(H,27,30)(H,28,31). The second-order valence-electron chi connectivity index (χ2n) is 7.88. The predicted molar refractivity (Wildman–Crippen MR) is 126 cm³/mol. The number of nitrogens with one attached hydrogen (secondary N) is 3.